The molecule has 352 valence electrons. The summed E-state index contributed by atoms with van der Waals surface area (Å²) in [6.07, 6.45) is 55.4. The van der Waals surface area contributed by atoms with E-state index in [1.165, 1.54) is 67.6 Å². The summed E-state index contributed by atoms with van der Waals surface area (Å²) in [5.74, 6) is 3.56. The largest absolute Gasteiger partial charge is 0.333 e. The van der Waals surface area contributed by atoms with Crippen LogP contribution < -0.4 is 15.5 Å². The van der Waals surface area contributed by atoms with Gasteiger partial charge in [0.25, 0.3) is 0 Å². The van der Waals surface area contributed by atoms with E-state index in [1.54, 1.807) is 32.9 Å². The van der Waals surface area contributed by atoms with Crippen LogP contribution in [0, 0.1) is 52.3 Å². The van der Waals surface area contributed by atoms with E-state index < -0.39 is 0 Å². The van der Waals surface area contributed by atoms with Gasteiger partial charge in [-0.3, -0.25) is 10.6 Å². The molecule has 9 aliphatic carbocycles. The van der Waals surface area contributed by atoms with Crippen LogP contribution >= 0.6 is 11.8 Å². The molecule has 1 aromatic carbocycles. The van der Waals surface area contributed by atoms with E-state index in [0.29, 0.717) is 53.1 Å². The number of fused-ring (bicyclic) bond motifs is 12. The van der Waals surface area contributed by atoms with Gasteiger partial charge in [-0.2, -0.15) is 5.26 Å². The SMILES string of the molecule is CC1(C)C2=CC=CC(C3C=CC(C4CC(C#N)=C(N5c6ccccc6C6CCC=CC65)C=C4n4c5c(c6c4CCC4SC7=C(CCCC7)C64)CCC=C5)NC(C4C=CC=CC4)N3)C2C2CC=CCC21. The number of aromatic nitrogens is 1. The first-order valence-corrected chi connectivity index (χ1v) is 28.1. The van der Waals surface area contributed by atoms with E-state index in [4.69, 9.17) is 0 Å². The molecule has 0 saturated heterocycles. The van der Waals surface area contributed by atoms with Gasteiger partial charge in [0.15, 0.2) is 0 Å². The van der Waals surface area contributed by atoms with Gasteiger partial charge in [-0.05, 0) is 153 Å². The number of anilines is 1. The van der Waals surface area contributed by atoms with Crippen LogP contribution in [0.3, 0.4) is 0 Å². The van der Waals surface area contributed by atoms with Crippen molar-refractivity contribution in [1.82, 2.24) is 15.2 Å². The molecule has 0 bridgehead atoms. The summed E-state index contributed by atoms with van der Waals surface area (Å²) in [5, 5.41) is 21.0. The molecule has 2 N–H and O–H groups in total. The molecule has 0 radical (unpaired) electrons. The lowest BCUT2D eigenvalue weighted by Gasteiger charge is -2.40. The Hall–Kier alpha value is -4.80. The Morgan fingerprint density at radius 3 is 2.61 bits per heavy atom. The van der Waals surface area contributed by atoms with Crippen molar-refractivity contribution in [1.29, 1.82) is 5.26 Å². The molecule has 12 aliphatic rings. The van der Waals surface area contributed by atoms with Gasteiger partial charge in [0.05, 0.1) is 29.5 Å². The van der Waals surface area contributed by atoms with Crippen LogP contribution in [0.5, 0.6) is 0 Å². The molecular formula is C63H69N5S. The number of nitrogens with one attached hydrogen (secondary N) is 2. The fraction of sp³-hybridized carbons (Fsp3) is 0.476. The summed E-state index contributed by atoms with van der Waals surface area (Å²) >= 11 is 2.26. The molecule has 0 amide bonds. The highest BCUT2D eigenvalue weighted by Gasteiger charge is 2.55. The van der Waals surface area contributed by atoms with Crippen LogP contribution in [0.2, 0.25) is 0 Å². The lowest BCUT2D eigenvalue weighted by Crippen LogP contribution is -2.56. The van der Waals surface area contributed by atoms with Crippen molar-refractivity contribution in [3.05, 3.63) is 171 Å². The zero-order valence-corrected chi connectivity index (χ0v) is 41.5. The zero-order chi connectivity index (χ0) is 46.0. The van der Waals surface area contributed by atoms with E-state index in [0.717, 1.165) is 49.8 Å². The van der Waals surface area contributed by atoms with Crippen molar-refractivity contribution in [2.24, 2.45) is 40.9 Å². The maximum absolute atomic E-state index is 11.6. The van der Waals surface area contributed by atoms with E-state index in [9.17, 15) is 5.26 Å². The smallest absolute Gasteiger partial charge is 0.0969 e. The zero-order valence-electron chi connectivity index (χ0n) is 40.7. The first kappa shape index (κ1) is 43.0. The van der Waals surface area contributed by atoms with Crippen molar-refractivity contribution in [2.45, 2.75) is 145 Å². The maximum Gasteiger partial charge on any atom is 0.0969 e. The molecule has 13 atom stereocenters. The minimum atomic E-state index is 0.0106. The number of benzene rings is 1. The van der Waals surface area contributed by atoms with E-state index >= 15 is 0 Å². The Labute approximate surface area is 415 Å². The van der Waals surface area contributed by atoms with Crippen molar-refractivity contribution in [2.75, 3.05) is 4.90 Å². The highest BCUT2D eigenvalue weighted by Crippen LogP contribution is 2.62. The van der Waals surface area contributed by atoms with Gasteiger partial charge in [0, 0.05) is 69.7 Å². The highest BCUT2D eigenvalue weighted by atomic mass is 32.2. The lowest BCUT2D eigenvalue weighted by atomic mass is 9.71. The fourth-order valence-corrected chi connectivity index (χ4v) is 18.3. The minimum Gasteiger partial charge on any atom is -0.333 e. The van der Waals surface area contributed by atoms with Crippen LogP contribution in [-0.4, -0.2) is 34.1 Å². The first-order valence-electron chi connectivity index (χ1n) is 27.3. The molecule has 1 aromatic heterocycles. The van der Waals surface area contributed by atoms with Gasteiger partial charge in [-0.25, -0.2) is 0 Å². The summed E-state index contributed by atoms with van der Waals surface area (Å²) in [6.45, 7) is 5.06. The third-order valence-electron chi connectivity index (χ3n) is 19.7. The average molecular weight is 928 g/mol. The predicted octanol–water partition coefficient (Wildman–Crippen LogP) is 13.7. The average Bonchev–Trinajstić information content (AvgIpc) is 4.06. The molecule has 4 heterocycles. The Kier molecular flexibility index (Phi) is 10.6. The van der Waals surface area contributed by atoms with Crippen molar-refractivity contribution in [3.63, 3.8) is 0 Å². The summed E-state index contributed by atoms with van der Waals surface area (Å²) in [6, 6.07) is 12.4. The number of nitriles is 1. The van der Waals surface area contributed by atoms with Gasteiger partial charge in [0.1, 0.15) is 0 Å². The highest BCUT2D eigenvalue weighted by molar-refractivity contribution is 8.04. The normalized spacial score (nSPS) is 37.5. The van der Waals surface area contributed by atoms with Gasteiger partial charge < -0.3 is 9.47 Å². The van der Waals surface area contributed by atoms with Crippen LogP contribution in [0.4, 0.5) is 5.69 Å². The van der Waals surface area contributed by atoms with Crippen LogP contribution in [0.15, 0.2) is 143 Å². The lowest BCUT2D eigenvalue weighted by molar-refractivity contribution is 0.193. The predicted molar refractivity (Wildman–Crippen MR) is 285 cm³/mol. The number of thioether (sulfide) groups is 1. The molecule has 69 heavy (non-hydrogen) atoms. The molecule has 14 rings (SSSR count). The quantitative estimate of drug-likeness (QED) is 0.293. The van der Waals surface area contributed by atoms with Crippen molar-refractivity contribution < 1.29 is 0 Å². The molecule has 5 nitrogen and oxygen atoms in total. The summed E-state index contributed by atoms with van der Waals surface area (Å²) in [7, 11) is 0. The van der Waals surface area contributed by atoms with E-state index in [-0.39, 0.29) is 35.6 Å². The molecule has 13 unspecified atom stereocenters. The summed E-state index contributed by atoms with van der Waals surface area (Å²) in [5.41, 5.74) is 16.1. The molecule has 3 aliphatic heterocycles. The Bertz CT molecular complexity index is 2870. The van der Waals surface area contributed by atoms with Gasteiger partial charge in [-0.1, -0.05) is 128 Å². The second-order valence-corrected chi connectivity index (χ2v) is 24.6. The molecule has 2 aromatic rings. The second kappa shape index (κ2) is 16.9. The van der Waals surface area contributed by atoms with E-state index in [2.05, 4.69) is 173 Å². The Morgan fingerprint density at radius 2 is 1.70 bits per heavy atom. The van der Waals surface area contributed by atoms with E-state index in [1.807, 2.05) is 0 Å². The maximum atomic E-state index is 11.6. The van der Waals surface area contributed by atoms with Gasteiger partial charge in [-0.15, -0.1) is 11.8 Å². The fourth-order valence-electron chi connectivity index (χ4n) is 16.6. The van der Waals surface area contributed by atoms with Crippen molar-refractivity contribution >= 4 is 29.2 Å². The van der Waals surface area contributed by atoms with Crippen LogP contribution in [0.25, 0.3) is 11.8 Å². The molecule has 0 spiro atoms. The Morgan fingerprint density at radius 1 is 0.812 bits per heavy atom. The van der Waals surface area contributed by atoms with Gasteiger partial charge in [0.2, 0.25) is 0 Å². The summed E-state index contributed by atoms with van der Waals surface area (Å²) < 4.78 is 2.82. The standard InChI is InChI=1S/C63H69N5S/c1-63(2)47-25-11-6-21-42(47)59-43(24-16-26-48(59)63)49-31-32-50(66-62(65-49)38-17-4-3-5-18-38)46-35-39(37-64)55(67-51-27-12-7-19-40(51)41-20-8-13-28-52(41)67)36-56(46)68-53-29-14-9-22-44(53)60-54(68)33-34-58-61(60)45-23-10-15-30-57(45)69-58/h3-7,11-14,16-17,19,24,26-29,31-32,36,38,41-43,46-47,49-50,52,58-59,61-62,65-66H,8-10,15,18,20-23,25,30,33-35H2,1-2H3. The number of para-hydroxylation sites is 1. The van der Waals surface area contributed by atoms with Crippen LogP contribution in [0.1, 0.15) is 131 Å². The minimum absolute atomic E-state index is 0.0106. The third kappa shape index (κ3) is 6.68. The second-order valence-electron chi connectivity index (χ2n) is 23.2. The molecule has 1 fully saturated rings. The summed E-state index contributed by atoms with van der Waals surface area (Å²) in [4.78, 5) is 4.33. The first-order chi connectivity index (χ1) is 34.0. The monoisotopic (exact) mass is 928 g/mol. The topological polar surface area (TPSA) is 56.0 Å². The third-order valence-corrected chi connectivity index (χ3v) is 21.2. The van der Waals surface area contributed by atoms with Crippen LogP contribution in [-0.2, 0) is 12.8 Å². The van der Waals surface area contributed by atoms with Crippen molar-refractivity contribution in [3.8, 4) is 6.07 Å². The number of nitrogens with zero attached hydrogens (tertiary/aromatic N) is 3. The molecule has 6 heteroatoms. The number of hydrogen-bond acceptors (Lipinski definition) is 5. The number of rotatable bonds is 5. The molecular weight excluding hydrogens is 859 g/mol. The molecule has 1 saturated carbocycles. The Balaban J connectivity index is 0.930. The van der Waals surface area contributed by atoms with Gasteiger partial charge >= 0.3 is 0 Å². The number of hydrogen-bond donors (Lipinski definition) is 2. The number of allylic oxidation sites excluding steroid dienone is 14.